The van der Waals surface area contributed by atoms with Crippen LogP contribution in [0.3, 0.4) is 0 Å². The second-order valence-electron chi connectivity index (χ2n) is 14.0. The summed E-state index contributed by atoms with van der Waals surface area (Å²) in [5, 5.41) is 6.53. The van der Waals surface area contributed by atoms with Gasteiger partial charge in [-0.15, -0.1) is 0 Å². The number of halogens is 2. The van der Waals surface area contributed by atoms with E-state index in [0.717, 1.165) is 5.56 Å². The van der Waals surface area contributed by atoms with Crippen LogP contribution in [0, 0.1) is 11.8 Å². The van der Waals surface area contributed by atoms with Gasteiger partial charge in [0, 0.05) is 36.5 Å². The number of anilines is 1. The first-order valence-electron chi connectivity index (χ1n) is 17.0. The van der Waals surface area contributed by atoms with Crippen LogP contribution in [0.1, 0.15) is 81.8 Å². The molecular formula is C37H46ClFN4O6. The molecule has 2 N–H and O–H groups in total. The monoisotopic (exact) mass is 696 g/mol. The van der Waals surface area contributed by atoms with Crippen LogP contribution in [-0.2, 0) is 26.1 Å². The Bertz CT molecular complexity index is 1680. The fraction of sp³-hybridized carbons (Fsp3) is 0.514. The maximum absolute atomic E-state index is 14.2. The second-order valence-corrected chi connectivity index (χ2v) is 14.3. The Morgan fingerprint density at radius 1 is 1.02 bits per heavy atom. The van der Waals surface area contributed by atoms with Gasteiger partial charge in [-0.05, 0) is 89.5 Å². The number of alkyl halides is 1. The molecule has 1 aliphatic heterocycles. The molecule has 1 aliphatic carbocycles. The average Bonchev–Trinajstić information content (AvgIpc) is 3.62. The number of nitrogens with one attached hydrogen (secondary N) is 2. The van der Waals surface area contributed by atoms with Crippen molar-refractivity contribution in [2.45, 2.75) is 83.4 Å². The van der Waals surface area contributed by atoms with E-state index < -0.39 is 36.4 Å². The summed E-state index contributed by atoms with van der Waals surface area (Å²) in [7, 11) is 1.73. The number of likely N-dealkylation sites (tertiary alicyclic amines) is 1. The van der Waals surface area contributed by atoms with Gasteiger partial charge in [0.25, 0.3) is 0 Å². The number of hydrogen-bond acceptors (Lipinski definition) is 6. The van der Waals surface area contributed by atoms with E-state index >= 15 is 0 Å². The molecule has 2 unspecified atom stereocenters. The molecule has 0 spiro atoms. The van der Waals surface area contributed by atoms with E-state index in [1.165, 1.54) is 0 Å². The number of esters is 1. The molecule has 10 nitrogen and oxygen atoms in total. The number of alkyl carbamates (subject to hydrolysis) is 1. The van der Waals surface area contributed by atoms with Gasteiger partial charge in [0.15, 0.2) is 0 Å². The summed E-state index contributed by atoms with van der Waals surface area (Å²) in [5.74, 6) is -1.59. The number of amides is 3. The lowest BCUT2D eigenvalue weighted by Crippen LogP contribution is -2.49. The minimum Gasteiger partial charge on any atom is -0.461 e. The molecule has 12 heteroatoms. The van der Waals surface area contributed by atoms with Crippen LogP contribution < -0.4 is 10.6 Å². The van der Waals surface area contributed by atoms with Crippen molar-refractivity contribution in [1.29, 1.82) is 0 Å². The number of aromatic nitrogens is 1. The zero-order valence-corrected chi connectivity index (χ0v) is 29.5. The molecule has 1 saturated heterocycles. The maximum atomic E-state index is 14.2. The minimum atomic E-state index is -0.753. The Hall–Kier alpha value is -4.12. The predicted molar refractivity (Wildman–Crippen MR) is 186 cm³/mol. The maximum Gasteiger partial charge on any atom is 0.407 e. The molecule has 0 bridgehead atoms. The van der Waals surface area contributed by atoms with Crippen LogP contribution in [0.2, 0.25) is 5.02 Å². The molecule has 3 atom stereocenters. The Balaban J connectivity index is 1.32. The summed E-state index contributed by atoms with van der Waals surface area (Å²) in [5.41, 5.74) is 1.70. The normalized spacial score (nSPS) is 21.7. The molecule has 49 heavy (non-hydrogen) atoms. The quantitative estimate of drug-likeness (QED) is 0.233. The van der Waals surface area contributed by atoms with E-state index in [2.05, 4.69) is 10.6 Å². The van der Waals surface area contributed by atoms with Crippen molar-refractivity contribution in [2.24, 2.45) is 18.9 Å². The lowest BCUT2D eigenvalue weighted by molar-refractivity contribution is -0.141. The predicted octanol–water partition coefficient (Wildman–Crippen LogP) is 7.00. The summed E-state index contributed by atoms with van der Waals surface area (Å²) >= 11 is 6.64. The van der Waals surface area contributed by atoms with Gasteiger partial charge in [-0.3, -0.25) is 9.59 Å². The highest BCUT2D eigenvalue weighted by molar-refractivity contribution is 6.38. The van der Waals surface area contributed by atoms with Crippen LogP contribution in [-0.4, -0.2) is 70.9 Å². The molecule has 2 fully saturated rings. The zero-order valence-electron chi connectivity index (χ0n) is 28.8. The second kappa shape index (κ2) is 15.2. The largest absolute Gasteiger partial charge is 0.461 e. The molecule has 264 valence electrons. The van der Waals surface area contributed by atoms with Gasteiger partial charge in [0.2, 0.25) is 11.8 Å². The van der Waals surface area contributed by atoms with Gasteiger partial charge in [0.05, 0.1) is 23.2 Å². The lowest BCUT2D eigenvalue weighted by Gasteiger charge is -2.36. The summed E-state index contributed by atoms with van der Waals surface area (Å²) in [6, 6.07) is 13.5. The van der Waals surface area contributed by atoms with E-state index in [4.69, 9.17) is 21.1 Å². The number of fused-ring (bicyclic) bond motifs is 1. The van der Waals surface area contributed by atoms with Gasteiger partial charge in [-0.2, -0.15) is 0 Å². The number of ether oxygens (including phenoxy) is 2. The molecule has 0 radical (unpaired) electrons. The van der Waals surface area contributed by atoms with Crippen LogP contribution in [0.15, 0.2) is 48.5 Å². The van der Waals surface area contributed by atoms with Crippen LogP contribution >= 0.6 is 11.6 Å². The third-order valence-corrected chi connectivity index (χ3v) is 9.99. The molecule has 5 rings (SSSR count). The number of carbonyl (C=O) groups is 4. The standard InChI is InChI=1S/C37H46ClFN4O6/c1-6-48-35(46)32-30(38)27-20-25(16-17-29(27)42(32)5)40-33(44)31-26(22-10-8-7-9-11-22)18-19-43(31)34(45)24-14-12-23(13-15-24)28(21-39)41-36(47)49-37(2,3)4/h7-11,16-17,20,23-24,26,28,31H,6,12-15,18-19,21H2,1-5H3,(H,40,44)(H,41,47)/t23?,24?,26?,28?,31-/m0/s1. The van der Waals surface area contributed by atoms with Crippen LogP contribution in [0.5, 0.6) is 0 Å². The molecule has 2 aliphatic rings. The molecule has 3 aromatic rings. The van der Waals surface area contributed by atoms with Crippen molar-refractivity contribution in [3.63, 3.8) is 0 Å². The summed E-state index contributed by atoms with van der Waals surface area (Å²) in [4.78, 5) is 54.9. The lowest BCUT2D eigenvalue weighted by atomic mass is 9.78. The molecule has 2 heterocycles. The number of nitrogens with zero attached hydrogens (tertiary/aromatic N) is 2. The first kappa shape index (κ1) is 36.2. The SMILES string of the molecule is CCOC(=O)c1c(Cl)c2cc(NC(=O)[C@@H]3C(c4ccccc4)CCN3C(=O)C3CCC(C(CF)NC(=O)OC(C)(C)C)CC3)ccc2n1C. The minimum absolute atomic E-state index is 0.0884. The van der Waals surface area contributed by atoms with Gasteiger partial charge >= 0.3 is 12.1 Å². The van der Waals surface area contributed by atoms with Crippen molar-refractivity contribution in [1.82, 2.24) is 14.8 Å². The Labute approximate surface area is 291 Å². The highest BCUT2D eigenvalue weighted by atomic mass is 35.5. The number of hydrogen-bond donors (Lipinski definition) is 2. The van der Waals surface area contributed by atoms with Crippen molar-refractivity contribution >= 4 is 52.1 Å². The first-order valence-corrected chi connectivity index (χ1v) is 17.4. The number of carbonyl (C=O) groups excluding carboxylic acids is 4. The van der Waals surface area contributed by atoms with E-state index in [0.29, 0.717) is 55.2 Å². The first-order chi connectivity index (χ1) is 23.3. The number of benzene rings is 2. The van der Waals surface area contributed by atoms with Crippen LogP contribution in [0.25, 0.3) is 10.9 Å². The molecular weight excluding hydrogens is 651 g/mol. The van der Waals surface area contributed by atoms with Gasteiger partial charge in [-0.25, -0.2) is 14.0 Å². The topological polar surface area (TPSA) is 119 Å². The van der Waals surface area contributed by atoms with Crippen molar-refractivity contribution in [3.05, 3.63) is 64.8 Å². The smallest absolute Gasteiger partial charge is 0.407 e. The zero-order chi connectivity index (χ0) is 35.5. The van der Waals surface area contributed by atoms with Crippen molar-refractivity contribution in [3.8, 4) is 0 Å². The van der Waals surface area contributed by atoms with E-state index in [9.17, 15) is 23.6 Å². The van der Waals surface area contributed by atoms with Crippen molar-refractivity contribution in [2.75, 3.05) is 25.1 Å². The van der Waals surface area contributed by atoms with Gasteiger partial charge < -0.3 is 29.6 Å². The number of rotatable bonds is 9. The third-order valence-electron chi connectivity index (χ3n) is 9.61. The number of aryl methyl sites for hydroxylation is 1. The Morgan fingerprint density at radius 3 is 2.35 bits per heavy atom. The summed E-state index contributed by atoms with van der Waals surface area (Å²) in [6.07, 6.45) is 2.17. The average molecular weight is 697 g/mol. The molecule has 3 amide bonds. The Kier molecular flexibility index (Phi) is 11.2. The van der Waals surface area contributed by atoms with Crippen molar-refractivity contribution < 1.29 is 33.0 Å². The fourth-order valence-electron chi connectivity index (χ4n) is 7.28. The molecule has 1 aromatic heterocycles. The Morgan fingerprint density at radius 2 is 1.71 bits per heavy atom. The van der Waals surface area contributed by atoms with Gasteiger partial charge in [-0.1, -0.05) is 41.9 Å². The molecule has 2 aromatic carbocycles. The molecule has 1 saturated carbocycles. The van der Waals surface area contributed by atoms with E-state index in [1.54, 1.807) is 62.4 Å². The van der Waals surface area contributed by atoms with Gasteiger partial charge in [0.1, 0.15) is 24.0 Å². The van der Waals surface area contributed by atoms with E-state index in [1.807, 2.05) is 30.3 Å². The third kappa shape index (κ3) is 8.03. The van der Waals surface area contributed by atoms with E-state index in [-0.39, 0.29) is 46.9 Å². The fourth-order valence-corrected chi connectivity index (χ4v) is 7.63. The summed E-state index contributed by atoms with van der Waals surface area (Å²) in [6.45, 7) is 6.90. The highest BCUT2D eigenvalue weighted by Crippen LogP contribution is 2.39. The van der Waals surface area contributed by atoms with Crippen LogP contribution in [0.4, 0.5) is 14.9 Å². The summed E-state index contributed by atoms with van der Waals surface area (Å²) < 4.78 is 26.2. The highest BCUT2D eigenvalue weighted by Gasteiger charge is 2.45.